The summed E-state index contributed by atoms with van der Waals surface area (Å²) in [4.78, 5) is 20.8. The minimum absolute atomic E-state index is 0.108. The maximum absolute atomic E-state index is 12.2. The molecule has 3 rings (SSSR count). The first-order valence-corrected chi connectivity index (χ1v) is 8.43. The van der Waals surface area contributed by atoms with Crippen molar-refractivity contribution in [1.82, 2.24) is 24.9 Å². The van der Waals surface area contributed by atoms with Crippen LogP contribution in [0.1, 0.15) is 40.4 Å². The van der Waals surface area contributed by atoms with Crippen molar-refractivity contribution in [3.05, 3.63) is 46.4 Å². The number of nitrogens with one attached hydrogen (secondary N) is 1. The maximum atomic E-state index is 12.2. The average Bonchev–Trinajstić information content (AvgIpc) is 3.07. The van der Waals surface area contributed by atoms with E-state index >= 15 is 0 Å². The summed E-state index contributed by atoms with van der Waals surface area (Å²) in [5.41, 5.74) is 5.41. The minimum atomic E-state index is -0.108. The maximum Gasteiger partial charge on any atom is 0.250 e. The van der Waals surface area contributed by atoms with Crippen LogP contribution in [-0.2, 0) is 11.2 Å². The number of carbonyl (C=O) groups excluding carboxylic acids is 1. The number of hydrogen-bond donors (Lipinski definition) is 1. The molecule has 8 nitrogen and oxygen atoms in total. The highest BCUT2D eigenvalue weighted by atomic mass is 16.5. The molecule has 0 unspecified atom stereocenters. The molecule has 3 aromatic rings. The second kappa shape index (κ2) is 7.07. The van der Waals surface area contributed by atoms with E-state index in [0.717, 1.165) is 34.0 Å². The molecule has 8 heteroatoms. The predicted octanol–water partition coefficient (Wildman–Crippen LogP) is 2.76. The first-order chi connectivity index (χ1) is 12.4. The van der Waals surface area contributed by atoms with Crippen molar-refractivity contribution in [1.29, 1.82) is 0 Å². The van der Waals surface area contributed by atoms with Gasteiger partial charge in [0, 0.05) is 17.7 Å². The van der Waals surface area contributed by atoms with Crippen LogP contribution in [0.5, 0.6) is 0 Å². The number of aryl methyl sites for hydroxylation is 3. The van der Waals surface area contributed by atoms with E-state index in [1.807, 2.05) is 34.6 Å². The van der Waals surface area contributed by atoms with Crippen molar-refractivity contribution in [3.8, 4) is 5.95 Å². The van der Waals surface area contributed by atoms with Gasteiger partial charge in [0.15, 0.2) is 0 Å². The summed E-state index contributed by atoms with van der Waals surface area (Å²) in [7, 11) is 0. The van der Waals surface area contributed by atoms with E-state index < -0.39 is 0 Å². The molecule has 0 aliphatic carbocycles. The van der Waals surface area contributed by atoms with Crippen LogP contribution >= 0.6 is 0 Å². The molecule has 0 atom stereocenters. The van der Waals surface area contributed by atoms with Crippen molar-refractivity contribution in [3.63, 3.8) is 0 Å². The number of rotatable bonds is 5. The summed E-state index contributed by atoms with van der Waals surface area (Å²) in [5, 5.41) is 11.1. The molecule has 0 saturated heterocycles. The SMILES string of the molecule is Cc1nn(-c2ncc(NC(=O)CCc3c(C)noc3C)cn2)c(C)c1C. The Morgan fingerprint density at radius 1 is 1.12 bits per heavy atom. The summed E-state index contributed by atoms with van der Waals surface area (Å²) in [6, 6.07) is 0. The molecular weight excluding hydrogens is 332 g/mol. The third-order valence-electron chi connectivity index (χ3n) is 4.55. The molecule has 0 saturated carbocycles. The van der Waals surface area contributed by atoms with Crippen molar-refractivity contribution >= 4 is 11.6 Å². The van der Waals surface area contributed by atoms with Gasteiger partial charge in [0.1, 0.15) is 5.76 Å². The van der Waals surface area contributed by atoms with E-state index in [0.29, 0.717) is 24.5 Å². The Bertz CT molecular complexity index is 920. The van der Waals surface area contributed by atoms with Crippen LogP contribution in [0, 0.1) is 34.6 Å². The van der Waals surface area contributed by atoms with Crippen LogP contribution in [0.4, 0.5) is 5.69 Å². The first-order valence-electron chi connectivity index (χ1n) is 8.43. The molecule has 0 aliphatic rings. The molecule has 3 aromatic heterocycles. The predicted molar refractivity (Wildman–Crippen MR) is 96.3 cm³/mol. The molecule has 0 fully saturated rings. The summed E-state index contributed by atoms with van der Waals surface area (Å²) in [6.07, 6.45) is 4.09. The lowest BCUT2D eigenvalue weighted by Crippen LogP contribution is -2.14. The molecule has 136 valence electrons. The van der Waals surface area contributed by atoms with Crippen molar-refractivity contribution < 1.29 is 9.32 Å². The Labute approximate surface area is 151 Å². The lowest BCUT2D eigenvalue weighted by Gasteiger charge is -2.06. The fourth-order valence-electron chi connectivity index (χ4n) is 2.73. The van der Waals surface area contributed by atoms with E-state index in [2.05, 4.69) is 25.5 Å². The average molecular weight is 354 g/mol. The van der Waals surface area contributed by atoms with E-state index in [1.165, 1.54) is 0 Å². The summed E-state index contributed by atoms with van der Waals surface area (Å²) in [5.74, 6) is 1.12. The summed E-state index contributed by atoms with van der Waals surface area (Å²) >= 11 is 0. The number of anilines is 1. The smallest absolute Gasteiger partial charge is 0.250 e. The second-order valence-corrected chi connectivity index (χ2v) is 6.33. The van der Waals surface area contributed by atoms with Gasteiger partial charge < -0.3 is 9.84 Å². The number of nitrogens with zero attached hydrogens (tertiary/aromatic N) is 5. The standard InChI is InChI=1S/C18H22N6O2/c1-10-11(2)22-24(13(10)4)18-19-8-15(9-20-18)21-17(25)7-6-16-12(3)23-26-14(16)5/h8-9H,6-7H2,1-5H3,(H,21,25). The zero-order valence-corrected chi connectivity index (χ0v) is 15.6. The van der Waals surface area contributed by atoms with Crippen LogP contribution in [0.25, 0.3) is 5.95 Å². The number of amides is 1. The Kier molecular flexibility index (Phi) is 4.83. The zero-order chi connectivity index (χ0) is 18.8. The molecule has 1 amide bonds. The molecule has 0 aliphatic heterocycles. The van der Waals surface area contributed by atoms with Gasteiger partial charge in [-0.25, -0.2) is 14.6 Å². The van der Waals surface area contributed by atoms with Gasteiger partial charge in [0.25, 0.3) is 5.95 Å². The topological polar surface area (TPSA) is 98.7 Å². The van der Waals surface area contributed by atoms with Gasteiger partial charge in [-0.05, 0) is 46.6 Å². The number of hydrogen-bond acceptors (Lipinski definition) is 6. The molecule has 0 aromatic carbocycles. The van der Waals surface area contributed by atoms with Crippen molar-refractivity contribution in [2.45, 2.75) is 47.5 Å². The van der Waals surface area contributed by atoms with Gasteiger partial charge in [-0.15, -0.1) is 0 Å². The molecule has 0 radical (unpaired) electrons. The van der Waals surface area contributed by atoms with Gasteiger partial charge in [-0.3, -0.25) is 4.79 Å². The molecule has 1 N–H and O–H groups in total. The highest BCUT2D eigenvalue weighted by Gasteiger charge is 2.13. The summed E-state index contributed by atoms with van der Waals surface area (Å²) in [6.45, 7) is 9.66. The lowest BCUT2D eigenvalue weighted by molar-refractivity contribution is -0.116. The third kappa shape index (κ3) is 3.49. The highest BCUT2D eigenvalue weighted by molar-refractivity contribution is 5.90. The van der Waals surface area contributed by atoms with E-state index in [4.69, 9.17) is 4.52 Å². The van der Waals surface area contributed by atoms with Crippen LogP contribution in [0.2, 0.25) is 0 Å². The van der Waals surface area contributed by atoms with Crippen LogP contribution < -0.4 is 5.32 Å². The molecular formula is C18H22N6O2. The molecule has 0 bridgehead atoms. The normalized spacial score (nSPS) is 11.0. The number of carbonyl (C=O) groups is 1. The van der Waals surface area contributed by atoms with Crippen molar-refractivity contribution in [2.24, 2.45) is 0 Å². The zero-order valence-electron chi connectivity index (χ0n) is 15.6. The highest BCUT2D eigenvalue weighted by Crippen LogP contribution is 2.16. The fraction of sp³-hybridized carbons (Fsp3) is 0.389. The minimum Gasteiger partial charge on any atom is -0.361 e. The Morgan fingerprint density at radius 3 is 2.35 bits per heavy atom. The van der Waals surface area contributed by atoms with Gasteiger partial charge in [-0.1, -0.05) is 5.16 Å². The quantitative estimate of drug-likeness (QED) is 0.756. The Balaban J connectivity index is 1.64. The van der Waals surface area contributed by atoms with Gasteiger partial charge in [0.05, 0.1) is 29.5 Å². The Hall–Kier alpha value is -3.03. The largest absolute Gasteiger partial charge is 0.361 e. The lowest BCUT2D eigenvalue weighted by atomic mass is 10.1. The Morgan fingerprint density at radius 2 is 1.81 bits per heavy atom. The molecule has 26 heavy (non-hydrogen) atoms. The van der Waals surface area contributed by atoms with Gasteiger partial charge >= 0.3 is 0 Å². The van der Waals surface area contributed by atoms with E-state index in [9.17, 15) is 4.79 Å². The number of aromatic nitrogens is 5. The van der Waals surface area contributed by atoms with Crippen LogP contribution in [0.3, 0.4) is 0 Å². The van der Waals surface area contributed by atoms with Crippen LogP contribution in [-0.4, -0.2) is 30.8 Å². The fourth-order valence-corrected chi connectivity index (χ4v) is 2.73. The first kappa shape index (κ1) is 17.8. The monoisotopic (exact) mass is 354 g/mol. The summed E-state index contributed by atoms with van der Waals surface area (Å²) < 4.78 is 6.81. The van der Waals surface area contributed by atoms with E-state index in [1.54, 1.807) is 17.1 Å². The van der Waals surface area contributed by atoms with Crippen molar-refractivity contribution in [2.75, 3.05) is 5.32 Å². The van der Waals surface area contributed by atoms with Gasteiger partial charge in [-0.2, -0.15) is 5.10 Å². The van der Waals surface area contributed by atoms with E-state index in [-0.39, 0.29) is 5.91 Å². The van der Waals surface area contributed by atoms with Crippen LogP contribution in [0.15, 0.2) is 16.9 Å². The molecule has 3 heterocycles. The second-order valence-electron chi connectivity index (χ2n) is 6.33. The van der Waals surface area contributed by atoms with Gasteiger partial charge in [0.2, 0.25) is 5.91 Å². The molecule has 0 spiro atoms. The third-order valence-corrected chi connectivity index (χ3v) is 4.55.